The van der Waals surface area contributed by atoms with Crippen molar-refractivity contribution in [2.45, 2.75) is 21.9 Å². The molecule has 3 aromatic rings. The maximum atomic E-state index is 12.8. The highest BCUT2D eigenvalue weighted by molar-refractivity contribution is 9.10. The van der Waals surface area contributed by atoms with E-state index in [1.54, 1.807) is 18.2 Å². The molecule has 2 N–H and O–H groups in total. The second-order valence-electron chi connectivity index (χ2n) is 6.14. The van der Waals surface area contributed by atoms with E-state index in [1.165, 1.54) is 24.3 Å². The predicted molar refractivity (Wildman–Crippen MR) is 121 cm³/mol. The summed E-state index contributed by atoms with van der Waals surface area (Å²) in [4.78, 5) is 30.4. The molecule has 0 saturated carbocycles. The van der Waals surface area contributed by atoms with Crippen molar-refractivity contribution in [2.24, 2.45) is 0 Å². The Balaban J connectivity index is 1.69. The number of carbonyl (C=O) groups is 1. The summed E-state index contributed by atoms with van der Waals surface area (Å²) in [5.74, 6) is 0.221. The van der Waals surface area contributed by atoms with Gasteiger partial charge in [0.15, 0.2) is 10.1 Å². The number of amides is 1. The molecule has 0 aliphatic rings. The molecule has 0 aliphatic carbocycles. The molecule has 0 radical (unpaired) electrons. The van der Waals surface area contributed by atoms with Gasteiger partial charge in [-0.15, -0.1) is 0 Å². The Morgan fingerprint density at radius 2 is 1.97 bits per heavy atom. The Hall–Kier alpha value is -2.63. The van der Waals surface area contributed by atoms with E-state index in [2.05, 4.69) is 31.2 Å². The lowest BCUT2D eigenvalue weighted by Gasteiger charge is -2.07. The monoisotopic (exact) mass is 523 g/mol. The van der Waals surface area contributed by atoms with E-state index in [1.807, 2.05) is 13.0 Å². The van der Waals surface area contributed by atoms with Gasteiger partial charge in [-0.25, -0.2) is 13.4 Å². The minimum absolute atomic E-state index is 0.0135. The number of rotatable bonds is 8. The van der Waals surface area contributed by atoms with Crippen LogP contribution in [-0.2, 0) is 14.6 Å². The van der Waals surface area contributed by atoms with Crippen LogP contribution in [0.3, 0.4) is 0 Å². The van der Waals surface area contributed by atoms with Gasteiger partial charge in [0.05, 0.1) is 23.5 Å². The smallest absolute Gasteiger partial charge is 0.270 e. The number of halogens is 1. The highest BCUT2D eigenvalue weighted by Gasteiger charge is 2.22. The van der Waals surface area contributed by atoms with Crippen molar-refractivity contribution in [1.82, 2.24) is 9.97 Å². The highest BCUT2D eigenvalue weighted by Crippen LogP contribution is 2.22. The Morgan fingerprint density at radius 3 is 2.61 bits per heavy atom. The topological polar surface area (TPSA) is 118 Å². The number of anilines is 1. The van der Waals surface area contributed by atoms with Gasteiger partial charge in [0.2, 0.25) is 15.7 Å². The van der Waals surface area contributed by atoms with Crippen molar-refractivity contribution in [2.75, 3.05) is 17.7 Å². The molecule has 0 saturated heterocycles. The zero-order valence-corrected chi connectivity index (χ0v) is 19.5. The van der Waals surface area contributed by atoms with Crippen molar-refractivity contribution in [3.8, 4) is 5.75 Å². The van der Waals surface area contributed by atoms with Crippen LogP contribution in [0.4, 0.5) is 5.69 Å². The normalized spacial score (nSPS) is 11.2. The molecule has 0 unspecified atom stereocenters. The van der Waals surface area contributed by atoms with E-state index in [4.69, 9.17) is 4.74 Å². The number of H-pyrrole nitrogens is 1. The average Bonchev–Trinajstić information content (AvgIpc) is 2.73. The predicted octanol–water partition coefficient (Wildman–Crippen LogP) is 3.49. The highest BCUT2D eigenvalue weighted by atomic mass is 79.9. The van der Waals surface area contributed by atoms with Gasteiger partial charge in [-0.1, -0.05) is 33.8 Å². The fourth-order valence-electron chi connectivity index (χ4n) is 2.54. The molecule has 31 heavy (non-hydrogen) atoms. The lowest BCUT2D eigenvalue weighted by Crippen LogP contribution is -2.20. The molecule has 2 aromatic carbocycles. The molecule has 1 heterocycles. The number of hydrogen-bond acceptors (Lipinski definition) is 7. The number of carbonyl (C=O) groups excluding carboxylic acids is 1. The Morgan fingerprint density at radius 1 is 1.23 bits per heavy atom. The fourth-order valence-corrected chi connectivity index (χ4v) is 4.80. The van der Waals surface area contributed by atoms with Crippen molar-refractivity contribution in [1.29, 1.82) is 0 Å². The zero-order chi connectivity index (χ0) is 22.4. The molecule has 8 nitrogen and oxygen atoms in total. The van der Waals surface area contributed by atoms with Gasteiger partial charge in [-0.2, -0.15) is 0 Å². The summed E-state index contributed by atoms with van der Waals surface area (Å²) in [6.45, 7) is 2.27. The molecule has 0 aliphatic heterocycles. The van der Waals surface area contributed by atoms with E-state index in [9.17, 15) is 18.0 Å². The first-order chi connectivity index (χ1) is 14.8. The number of nitrogens with one attached hydrogen (secondary N) is 2. The van der Waals surface area contributed by atoms with E-state index in [0.717, 1.165) is 22.4 Å². The molecule has 0 atom stereocenters. The SMILES string of the molecule is CCOc1ccc(S(=O)(=O)c2cnc(SCC(=O)Nc3cccc(Br)c3)[nH]c2=O)cc1. The molecule has 0 fully saturated rings. The number of aromatic nitrogens is 2. The largest absolute Gasteiger partial charge is 0.494 e. The van der Waals surface area contributed by atoms with Crippen LogP contribution in [0.15, 0.2) is 78.9 Å². The van der Waals surface area contributed by atoms with Crippen LogP contribution in [0, 0.1) is 0 Å². The average molecular weight is 524 g/mol. The van der Waals surface area contributed by atoms with Gasteiger partial charge < -0.3 is 15.0 Å². The Bertz CT molecular complexity index is 1240. The number of thioether (sulfide) groups is 1. The second-order valence-corrected chi connectivity index (χ2v) is 9.93. The summed E-state index contributed by atoms with van der Waals surface area (Å²) in [6, 6.07) is 12.9. The third kappa shape index (κ3) is 5.96. The number of ether oxygens (including phenoxy) is 1. The summed E-state index contributed by atoms with van der Waals surface area (Å²) >= 11 is 4.31. The van der Waals surface area contributed by atoms with Crippen molar-refractivity contribution < 1.29 is 17.9 Å². The first-order valence-electron chi connectivity index (χ1n) is 9.05. The maximum absolute atomic E-state index is 12.8. The minimum Gasteiger partial charge on any atom is -0.494 e. The standard InChI is InChI=1S/C20H18BrN3O5S2/c1-2-29-15-6-8-16(9-7-15)31(27,28)17-11-22-20(24-19(17)26)30-12-18(25)23-14-5-3-4-13(21)10-14/h3-11H,2,12H2,1H3,(H,23,25)(H,22,24,26). The van der Waals surface area contributed by atoms with Gasteiger partial charge in [-0.3, -0.25) is 9.59 Å². The number of sulfone groups is 1. The summed E-state index contributed by atoms with van der Waals surface area (Å²) in [7, 11) is -4.05. The Kier molecular flexibility index (Phi) is 7.52. The summed E-state index contributed by atoms with van der Waals surface area (Å²) in [5.41, 5.74) is -0.183. The molecule has 0 bridgehead atoms. The van der Waals surface area contributed by atoms with Crippen molar-refractivity contribution in [3.63, 3.8) is 0 Å². The van der Waals surface area contributed by atoms with Crippen LogP contribution < -0.4 is 15.6 Å². The van der Waals surface area contributed by atoms with Crippen LogP contribution in [0.1, 0.15) is 6.92 Å². The maximum Gasteiger partial charge on any atom is 0.270 e. The second kappa shape index (κ2) is 10.1. The van der Waals surface area contributed by atoms with E-state index in [-0.39, 0.29) is 21.7 Å². The third-order valence-electron chi connectivity index (χ3n) is 3.93. The fraction of sp³-hybridized carbons (Fsp3) is 0.150. The number of aromatic amines is 1. The quantitative estimate of drug-likeness (QED) is 0.342. The molecular formula is C20H18BrN3O5S2. The first kappa shape index (κ1) is 23.0. The molecular weight excluding hydrogens is 506 g/mol. The summed E-state index contributed by atoms with van der Waals surface area (Å²) < 4.78 is 31.6. The summed E-state index contributed by atoms with van der Waals surface area (Å²) in [6.07, 6.45) is 0.999. The molecule has 3 rings (SSSR count). The van der Waals surface area contributed by atoms with Gasteiger partial charge >= 0.3 is 0 Å². The van der Waals surface area contributed by atoms with Gasteiger partial charge in [0.25, 0.3) is 5.56 Å². The number of hydrogen-bond donors (Lipinski definition) is 2. The molecule has 0 spiro atoms. The van der Waals surface area contributed by atoms with Crippen LogP contribution in [0.25, 0.3) is 0 Å². The van der Waals surface area contributed by atoms with Gasteiger partial charge in [0.1, 0.15) is 5.75 Å². The van der Waals surface area contributed by atoms with Crippen LogP contribution in [0.5, 0.6) is 5.75 Å². The first-order valence-corrected chi connectivity index (χ1v) is 12.3. The zero-order valence-electron chi connectivity index (χ0n) is 16.3. The molecule has 1 aromatic heterocycles. The van der Waals surface area contributed by atoms with Crippen LogP contribution >= 0.6 is 27.7 Å². The third-order valence-corrected chi connectivity index (χ3v) is 7.07. The molecule has 11 heteroatoms. The minimum atomic E-state index is -4.05. The lowest BCUT2D eigenvalue weighted by molar-refractivity contribution is -0.113. The Labute approximate surface area is 191 Å². The van der Waals surface area contributed by atoms with Gasteiger partial charge in [-0.05, 0) is 49.4 Å². The van der Waals surface area contributed by atoms with E-state index >= 15 is 0 Å². The van der Waals surface area contributed by atoms with Crippen LogP contribution in [0.2, 0.25) is 0 Å². The molecule has 162 valence electrons. The number of nitrogens with zero attached hydrogens (tertiary/aromatic N) is 1. The molecule has 1 amide bonds. The lowest BCUT2D eigenvalue weighted by atomic mass is 10.3. The van der Waals surface area contributed by atoms with Crippen molar-refractivity contribution >= 4 is 49.1 Å². The van der Waals surface area contributed by atoms with Crippen LogP contribution in [-0.4, -0.2) is 36.7 Å². The summed E-state index contributed by atoms with van der Waals surface area (Å²) in [5, 5.41) is 2.86. The number of benzene rings is 2. The van der Waals surface area contributed by atoms with Crippen molar-refractivity contribution in [3.05, 3.63) is 69.6 Å². The van der Waals surface area contributed by atoms with Gasteiger partial charge in [0, 0.05) is 10.2 Å². The van der Waals surface area contributed by atoms with E-state index in [0.29, 0.717) is 18.0 Å². The van der Waals surface area contributed by atoms with E-state index < -0.39 is 20.3 Å².